The summed E-state index contributed by atoms with van der Waals surface area (Å²) in [6.45, 7) is 4.09. The van der Waals surface area contributed by atoms with Crippen LogP contribution in [0.25, 0.3) is 0 Å². The van der Waals surface area contributed by atoms with Crippen molar-refractivity contribution >= 4 is 13.8 Å². The van der Waals surface area contributed by atoms with E-state index in [0.717, 1.165) is 51.4 Å². The van der Waals surface area contributed by atoms with Crippen molar-refractivity contribution in [3.8, 4) is 0 Å². The van der Waals surface area contributed by atoms with Crippen LogP contribution in [0.1, 0.15) is 162 Å². The van der Waals surface area contributed by atoms with Crippen molar-refractivity contribution in [1.82, 2.24) is 0 Å². The SMILES string of the molecule is CCCCC/C=C\C/C=C\C/C=C\CC1OC1CCCC(=O)O[C@H](CO/C=C/CCCCCC/C=C\CCCCCCCC)COP(=O)(O)OCCN. The molecule has 3 unspecified atom stereocenters. The van der Waals surface area contributed by atoms with Crippen LogP contribution in [-0.2, 0) is 32.6 Å². The Morgan fingerprint density at radius 3 is 1.91 bits per heavy atom. The molecule has 1 rings (SSSR count). The number of esters is 1. The van der Waals surface area contributed by atoms with Crippen LogP contribution >= 0.6 is 7.82 Å². The number of carbonyl (C=O) groups excluding carboxylic acids is 1. The molecule has 0 amide bonds. The van der Waals surface area contributed by atoms with Gasteiger partial charge in [-0.05, 0) is 89.5 Å². The van der Waals surface area contributed by atoms with Gasteiger partial charge in [0.1, 0.15) is 6.61 Å². The summed E-state index contributed by atoms with van der Waals surface area (Å²) >= 11 is 0. The first-order valence-corrected chi connectivity index (χ1v) is 22.4. The normalized spacial score (nSPS) is 17.9. The fraction of sp³-hybridized carbons (Fsp3) is 0.744. The molecule has 0 aromatic heterocycles. The predicted molar refractivity (Wildman–Crippen MR) is 219 cm³/mol. The number of phosphoric ester groups is 1. The van der Waals surface area contributed by atoms with Gasteiger partial charge in [-0.3, -0.25) is 13.8 Å². The summed E-state index contributed by atoms with van der Waals surface area (Å²) < 4.78 is 38.9. The zero-order valence-corrected chi connectivity index (χ0v) is 34.3. The van der Waals surface area contributed by atoms with E-state index in [9.17, 15) is 14.3 Å². The van der Waals surface area contributed by atoms with Crippen LogP contribution in [-0.4, -0.2) is 55.5 Å². The summed E-state index contributed by atoms with van der Waals surface area (Å²) in [6, 6.07) is 0. The molecule has 1 saturated heterocycles. The van der Waals surface area contributed by atoms with Crippen LogP contribution in [0.2, 0.25) is 0 Å². The molecule has 3 N–H and O–H groups in total. The number of carbonyl (C=O) groups is 1. The van der Waals surface area contributed by atoms with Gasteiger partial charge in [0.05, 0.1) is 31.7 Å². The van der Waals surface area contributed by atoms with Gasteiger partial charge in [-0.2, -0.15) is 0 Å². The Morgan fingerprint density at radius 1 is 0.698 bits per heavy atom. The Hall–Kier alpha value is -2.00. The minimum absolute atomic E-state index is 0.00468. The first-order valence-electron chi connectivity index (χ1n) is 20.9. The van der Waals surface area contributed by atoms with Gasteiger partial charge in [0.25, 0.3) is 0 Å². The number of allylic oxidation sites excluding steroid dienone is 8. The van der Waals surface area contributed by atoms with Crippen LogP contribution in [0.5, 0.6) is 0 Å². The number of epoxide rings is 1. The van der Waals surface area contributed by atoms with Crippen molar-refractivity contribution in [2.75, 3.05) is 26.4 Å². The molecule has 1 aliphatic rings. The van der Waals surface area contributed by atoms with E-state index in [1.54, 1.807) is 6.26 Å². The lowest BCUT2D eigenvalue weighted by Gasteiger charge is -2.19. The maximum absolute atomic E-state index is 12.6. The van der Waals surface area contributed by atoms with Gasteiger partial charge in [0.15, 0.2) is 6.10 Å². The summed E-state index contributed by atoms with van der Waals surface area (Å²) in [7, 11) is -4.32. The van der Waals surface area contributed by atoms with E-state index in [0.29, 0.717) is 6.42 Å². The molecule has 1 aliphatic heterocycles. The molecule has 0 radical (unpaired) electrons. The first-order chi connectivity index (χ1) is 25.9. The molecule has 0 aromatic rings. The van der Waals surface area contributed by atoms with Crippen molar-refractivity contribution in [2.24, 2.45) is 5.73 Å². The second-order valence-corrected chi connectivity index (χ2v) is 15.4. The van der Waals surface area contributed by atoms with Crippen molar-refractivity contribution in [1.29, 1.82) is 0 Å². The fourth-order valence-corrected chi connectivity index (χ4v) is 6.45. The van der Waals surface area contributed by atoms with Gasteiger partial charge in [-0.1, -0.05) is 120 Å². The number of unbranched alkanes of at least 4 members (excludes halogenated alkanes) is 14. The third-order valence-corrected chi connectivity index (χ3v) is 9.88. The molecule has 0 aromatic carbocycles. The predicted octanol–water partition coefficient (Wildman–Crippen LogP) is 11.5. The van der Waals surface area contributed by atoms with Crippen LogP contribution in [0, 0.1) is 0 Å². The van der Waals surface area contributed by atoms with Crippen LogP contribution in [0.3, 0.4) is 0 Å². The van der Waals surface area contributed by atoms with Gasteiger partial charge >= 0.3 is 13.8 Å². The third-order valence-electron chi connectivity index (χ3n) is 8.90. The maximum atomic E-state index is 12.6. The second kappa shape index (κ2) is 35.7. The number of hydrogen-bond donors (Lipinski definition) is 2. The average molecular weight is 766 g/mol. The molecule has 0 bridgehead atoms. The van der Waals surface area contributed by atoms with Gasteiger partial charge in [-0.25, -0.2) is 4.57 Å². The van der Waals surface area contributed by atoms with E-state index in [1.807, 2.05) is 6.08 Å². The van der Waals surface area contributed by atoms with E-state index in [4.69, 9.17) is 29.0 Å². The van der Waals surface area contributed by atoms with E-state index in [2.05, 4.69) is 62.5 Å². The topological polar surface area (TPSA) is 130 Å². The number of hydrogen-bond acceptors (Lipinski definition) is 8. The highest BCUT2D eigenvalue weighted by Gasteiger charge is 2.36. The minimum atomic E-state index is -4.32. The Morgan fingerprint density at radius 2 is 1.25 bits per heavy atom. The molecule has 306 valence electrons. The lowest BCUT2D eigenvalue weighted by molar-refractivity contribution is -0.153. The lowest BCUT2D eigenvalue weighted by Crippen LogP contribution is -2.28. The van der Waals surface area contributed by atoms with Crippen molar-refractivity contribution < 1.29 is 37.5 Å². The first kappa shape index (κ1) is 49.0. The molecule has 0 aliphatic carbocycles. The molecule has 1 fully saturated rings. The van der Waals surface area contributed by atoms with Crippen molar-refractivity contribution in [3.05, 3.63) is 60.9 Å². The largest absolute Gasteiger partial charge is 0.498 e. The van der Waals surface area contributed by atoms with Crippen LogP contribution < -0.4 is 5.73 Å². The van der Waals surface area contributed by atoms with Crippen LogP contribution in [0.4, 0.5) is 0 Å². The summed E-state index contributed by atoms with van der Waals surface area (Å²) in [6.07, 6.45) is 46.3. The number of phosphoric acid groups is 1. The van der Waals surface area contributed by atoms with E-state index >= 15 is 0 Å². The van der Waals surface area contributed by atoms with Crippen molar-refractivity contribution in [2.45, 2.75) is 180 Å². The Bertz CT molecular complexity index is 1060. The highest BCUT2D eigenvalue weighted by Crippen LogP contribution is 2.43. The fourth-order valence-electron chi connectivity index (χ4n) is 5.69. The van der Waals surface area contributed by atoms with E-state index in [1.165, 1.54) is 83.5 Å². The molecule has 10 heteroatoms. The van der Waals surface area contributed by atoms with Crippen molar-refractivity contribution in [3.63, 3.8) is 0 Å². The van der Waals surface area contributed by atoms with Crippen LogP contribution in [0.15, 0.2) is 60.9 Å². The summed E-state index contributed by atoms with van der Waals surface area (Å²) in [5, 5.41) is 0. The lowest BCUT2D eigenvalue weighted by atomic mass is 10.1. The second-order valence-electron chi connectivity index (χ2n) is 13.9. The molecular weight excluding hydrogens is 689 g/mol. The Balaban J connectivity index is 2.24. The standard InChI is InChI=1S/C43H76NO8P/c1-3-5-7-9-11-13-15-17-18-19-20-22-24-26-28-30-36-48-38-40(39-50-53(46,47)49-37-35-44)51-43(45)34-31-33-42-41(52-42)32-29-27-25-23-21-16-14-12-10-8-6-4-2/h12,14,17-18,21,23,27,29-30,36,40-42H,3-11,13,15-16,19-20,22,24-26,28,31-35,37-39,44H2,1-2H3,(H,46,47)/b14-12-,18-17-,23-21-,29-27-,36-30+/t40-,41?,42?/m1/s1. The average Bonchev–Trinajstić information content (AvgIpc) is 3.90. The number of rotatable bonds is 38. The quantitative estimate of drug-likeness (QED) is 0.0157. The third kappa shape index (κ3) is 33.1. The zero-order chi connectivity index (χ0) is 38.5. The number of ether oxygens (including phenoxy) is 3. The van der Waals surface area contributed by atoms with Gasteiger partial charge in [0.2, 0.25) is 0 Å². The summed E-state index contributed by atoms with van der Waals surface area (Å²) in [4.78, 5) is 22.5. The van der Waals surface area contributed by atoms with Gasteiger partial charge in [-0.15, -0.1) is 0 Å². The highest BCUT2D eigenvalue weighted by molar-refractivity contribution is 7.47. The Kier molecular flexibility index (Phi) is 33.0. The Labute approximate surface area is 323 Å². The molecule has 53 heavy (non-hydrogen) atoms. The minimum Gasteiger partial charge on any atom is -0.498 e. The molecular formula is C43H76NO8P. The van der Waals surface area contributed by atoms with E-state index in [-0.39, 0.29) is 45.0 Å². The smallest absolute Gasteiger partial charge is 0.472 e. The maximum Gasteiger partial charge on any atom is 0.472 e. The molecule has 0 saturated carbocycles. The molecule has 4 atom stereocenters. The number of nitrogens with two attached hydrogens (primary N) is 1. The van der Waals surface area contributed by atoms with Gasteiger partial charge in [0, 0.05) is 13.0 Å². The van der Waals surface area contributed by atoms with Gasteiger partial charge < -0.3 is 24.8 Å². The molecule has 1 heterocycles. The summed E-state index contributed by atoms with van der Waals surface area (Å²) in [5.41, 5.74) is 5.36. The summed E-state index contributed by atoms with van der Waals surface area (Å²) in [5.74, 6) is -0.418. The highest BCUT2D eigenvalue weighted by atomic mass is 31.2. The molecule has 9 nitrogen and oxygen atoms in total. The monoisotopic (exact) mass is 766 g/mol. The van der Waals surface area contributed by atoms with E-state index < -0.39 is 19.9 Å². The molecule has 0 spiro atoms. The zero-order valence-electron chi connectivity index (χ0n) is 33.4.